The monoisotopic (exact) mass is 658 g/mol. The van der Waals surface area contributed by atoms with Crippen LogP contribution in [0.15, 0.2) is 133 Å². The highest BCUT2D eigenvalue weighted by atomic mass is 32.1. The van der Waals surface area contributed by atoms with Gasteiger partial charge in [-0.1, -0.05) is 91.0 Å². The zero-order valence-corrected chi connectivity index (χ0v) is 27.4. The fourth-order valence-electron chi connectivity index (χ4n) is 7.80. The lowest BCUT2D eigenvalue weighted by Crippen LogP contribution is -2.03. The van der Waals surface area contributed by atoms with Gasteiger partial charge in [-0.15, -0.1) is 22.7 Å². The van der Waals surface area contributed by atoms with E-state index >= 15 is 0 Å². The van der Waals surface area contributed by atoms with Gasteiger partial charge < -0.3 is 0 Å². The lowest BCUT2D eigenvalue weighted by molar-refractivity contribution is 1.02. The van der Waals surface area contributed by atoms with E-state index in [0.717, 1.165) is 33.2 Å². The summed E-state index contributed by atoms with van der Waals surface area (Å²) < 4.78 is 7.37. The van der Waals surface area contributed by atoms with Gasteiger partial charge in [-0.25, -0.2) is 9.97 Å². The molecular weight excluding hydrogens is 637 g/mol. The number of nitrogens with zero attached hydrogens (tertiary/aromatic N) is 4. The van der Waals surface area contributed by atoms with E-state index in [1.807, 2.05) is 59.1 Å². The zero-order valence-electron chi connectivity index (χ0n) is 25.8. The fourth-order valence-corrected chi connectivity index (χ4v) is 10.2. The largest absolute Gasteiger partial charge is 0.276 e. The lowest BCUT2D eigenvalue weighted by Gasteiger charge is -2.13. The molecule has 0 aliphatic rings. The molecule has 4 heterocycles. The predicted molar refractivity (Wildman–Crippen MR) is 207 cm³/mol. The summed E-state index contributed by atoms with van der Waals surface area (Å²) in [6.07, 6.45) is 0. The van der Waals surface area contributed by atoms with Gasteiger partial charge in [0.2, 0.25) is 5.95 Å². The van der Waals surface area contributed by atoms with Gasteiger partial charge in [0.05, 0.1) is 38.6 Å². The summed E-state index contributed by atoms with van der Waals surface area (Å²) in [5.74, 6) is 0.613. The molecule has 11 rings (SSSR count). The molecule has 226 valence electrons. The summed E-state index contributed by atoms with van der Waals surface area (Å²) in [5, 5.41) is 20.8. The van der Waals surface area contributed by atoms with Gasteiger partial charge in [-0.2, -0.15) is 5.26 Å². The van der Waals surface area contributed by atoms with Crippen LogP contribution >= 0.6 is 22.7 Å². The molecule has 4 nitrogen and oxygen atoms in total. The van der Waals surface area contributed by atoms with Crippen molar-refractivity contribution in [2.24, 2.45) is 0 Å². The minimum atomic E-state index is 0.601. The van der Waals surface area contributed by atoms with Crippen molar-refractivity contribution in [1.29, 1.82) is 5.26 Å². The highest BCUT2D eigenvalue weighted by molar-refractivity contribution is 7.27. The van der Waals surface area contributed by atoms with Crippen LogP contribution in [0.1, 0.15) is 5.56 Å². The Balaban J connectivity index is 1.39. The van der Waals surface area contributed by atoms with Crippen LogP contribution in [-0.4, -0.2) is 14.5 Å². The van der Waals surface area contributed by atoms with Crippen molar-refractivity contribution in [2.45, 2.75) is 0 Å². The molecule has 0 saturated carbocycles. The topological polar surface area (TPSA) is 54.5 Å². The SMILES string of the molecule is N#Cc1cccc(-c2nc(-n3c4ccccc4c4c5ccc6sc7ccccc7c6c5c5c6ccccc6sc5c43)nc3ccccc23)c1. The van der Waals surface area contributed by atoms with Crippen molar-refractivity contribution in [3.63, 3.8) is 0 Å². The van der Waals surface area contributed by atoms with E-state index in [1.165, 1.54) is 61.9 Å². The summed E-state index contributed by atoms with van der Waals surface area (Å²) >= 11 is 3.71. The minimum absolute atomic E-state index is 0.601. The highest BCUT2D eigenvalue weighted by Crippen LogP contribution is 2.51. The maximum atomic E-state index is 9.74. The van der Waals surface area contributed by atoms with Gasteiger partial charge in [0.25, 0.3) is 0 Å². The Morgan fingerprint density at radius 2 is 1.24 bits per heavy atom. The standard InChI is InChI=1S/C43H22N4S2/c44-23-24-10-9-11-25(22-24)40-26-12-1-5-16-31(26)45-43(46-40)47-32-17-6-2-13-27(32)36-30-20-21-35-37(28-14-3-7-18-33(28)48-35)38(30)39-29-15-4-8-19-34(29)49-42(39)41(36)47/h1-22H. The van der Waals surface area contributed by atoms with E-state index in [9.17, 15) is 5.26 Å². The van der Waals surface area contributed by atoms with Gasteiger partial charge in [0, 0.05) is 62.8 Å². The first-order valence-corrected chi connectivity index (χ1v) is 17.8. The zero-order chi connectivity index (χ0) is 32.2. The summed E-state index contributed by atoms with van der Waals surface area (Å²) in [7, 11) is 0. The Labute approximate surface area is 287 Å². The molecule has 4 aromatic heterocycles. The van der Waals surface area contributed by atoms with Gasteiger partial charge in [0.15, 0.2) is 0 Å². The van der Waals surface area contributed by atoms with Crippen molar-refractivity contribution in [1.82, 2.24) is 14.5 Å². The molecule has 0 fully saturated rings. The molecule has 0 amide bonds. The molecule has 49 heavy (non-hydrogen) atoms. The van der Waals surface area contributed by atoms with Gasteiger partial charge in [-0.05, 0) is 47.9 Å². The fraction of sp³-hybridized carbons (Fsp3) is 0. The highest BCUT2D eigenvalue weighted by Gasteiger charge is 2.25. The number of hydrogen-bond acceptors (Lipinski definition) is 5. The van der Waals surface area contributed by atoms with E-state index in [2.05, 4.69) is 108 Å². The number of benzene rings is 7. The Hall–Kier alpha value is -6.13. The first-order valence-electron chi connectivity index (χ1n) is 16.1. The molecule has 0 bridgehead atoms. The molecule has 0 aliphatic carbocycles. The Kier molecular flexibility index (Phi) is 5.46. The minimum Gasteiger partial charge on any atom is -0.276 e. The number of hydrogen-bond donors (Lipinski definition) is 0. The molecule has 0 unspecified atom stereocenters. The number of thiophene rings is 2. The smallest absolute Gasteiger partial charge is 0.235 e. The van der Waals surface area contributed by atoms with Gasteiger partial charge >= 0.3 is 0 Å². The predicted octanol–water partition coefficient (Wildman–Crippen LogP) is 12.2. The van der Waals surface area contributed by atoms with Crippen LogP contribution in [0.5, 0.6) is 0 Å². The molecule has 0 spiro atoms. The summed E-state index contributed by atoms with van der Waals surface area (Å²) in [4.78, 5) is 10.6. The van der Waals surface area contributed by atoms with E-state index in [1.54, 1.807) is 0 Å². The maximum absolute atomic E-state index is 9.74. The van der Waals surface area contributed by atoms with Gasteiger partial charge in [-0.3, -0.25) is 4.57 Å². The maximum Gasteiger partial charge on any atom is 0.235 e. The number of aromatic nitrogens is 3. The first-order chi connectivity index (χ1) is 24.3. The van der Waals surface area contributed by atoms with E-state index < -0.39 is 0 Å². The third-order valence-electron chi connectivity index (χ3n) is 9.80. The molecule has 0 aliphatic heterocycles. The molecule has 0 atom stereocenters. The normalized spacial score (nSPS) is 12.1. The lowest BCUT2D eigenvalue weighted by atomic mass is 9.95. The second-order valence-electron chi connectivity index (χ2n) is 12.4. The Morgan fingerprint density at radius 1 is 0.531 bits per heavy atom. The quantitative estimate of drug-likeness (QED) is 0.186. The Morgan fingerprint density at radius 3 is 2.08 bits per heavy atom. The third kappa shape index (κ3) is 3.66. The van der Waals surface area contributed by atoms with Crippen LogP contribution in [0.2, 0.25) is 0 Å². The number of rotatable bonds is 2. The van der Waals surface area contributed by atoms with Crippen molar-refractivity contribution in [3.05, 3.63) is 139 Å². The number of para-hydroxylation sites is 2. The molecule has 0 saturated heterocycles. The van der Waals surface area contributed by atoms with E-state index in [4.69, 9.17) is 9.97 Å². The van der Waals surface area contributed by atoms with Crippen LogP contribution in [0.3, 0.4) is 0 Å². The van der Waals surface area contributed by atoms with Crippen LogP contribution in [0.4, 0.5) is 0 Å². The van der Waals surface area contributed by atoms with Crippen LogP contribution in [0, 0.1) is 11.3 Å². The summed E-state index contributed by atoms with van der Waals surface area (Å²) in [5.41, 5.74) is 5.34. The average Bonchev–Trinajstić information content (AvgIpc) is 3.84. The number of fused-ring (bicyclic) bond motifs is 15. The molecular formula is C43H22N4S2. The first kappa shape index (κ1) is 26.9. The van der Waals surface area contributed by atoms with Crippen molar-refractivity contribution < 1.29 is 0 Å². The number of nitriles is 1. The molecule has 0 N–H and O–H groups in total. The van der Waals surface area contributed by atoms with E-state index in [-0.39, 0.29) is 0 Å². The molecule has 11 aromatic rings. The second-order valence-corrected chi connectivity index (χ2v) is 14.6. The Bertz CT molecular complexity index is 3250. The molecule has 6 heteroatoms. The molecule has 7 aromatic carbocycles. The van der Waals surface area contributed by atoms with Crippen LogP contribution < -0.4 is 0 Å². The van der Waals surface area contributed by atoms with Crippen LogP contribution in [-0.2, 0) is 0 Å². The summed E-state index contributed by atoms with van der Waals surface area (Å²) in [6, 6.07) is 49.0. The van der Waals surface area contributed by atoms with Crippen LogP contribution in [0.25, 0.3) is 101 Å². The average molecular weight is 659 g/mol. The van der Waals surface area contributed by atoms with Gasteiger partial charge in [0.1, 0.15) is 0 Å². The van der Waals surface area contributed by atoms with Crippen molar-refractivity contribution in [2.75, 3.05) is 0 Å². The van der Waals surface area contributed by atoms with Crippen molar-refractivity contribution in [3.8, 4) is 23.3 Å². The third-order valence-corrected chi connectivity index (χ3v) is 12.1. The van der Waals surface area contributed by atoms with Crippen molar-refractivity contribution >= 4 is 106 Å². The second kappa shape index (κ2) is 9.94. The van der Waals surface area contributed by atoms with E-state index in [0.29, 0.717) is 11.5 Å². The summed E-state index contributed by atoms with van der Waals surface area (Å²) in [6.45, 7) is 0. The molecule has 0 radical (unpaired) electrons.